The van der Waals surface area contributed by atoms with Crippen molar-refractivity contribution < 1.29 is 12.8 Å². The molecule has 1 rings (SSSR count). The molecular weight excluding hydrogens is 308 g/mol. The highest BCUT2D eigenvalue weighted by Crippen LogP contribution is 2.14. The standard InChI is InChI=1S/C10H15BrN2O3S/c1-3-12-7-9-4-5-10(16-9)17(14,15)13-6-8(2)11/h4-5,12-13H,2-3,6-7H2,1H3. The summed E-state index contributed by atoms with van der Waals surface area (Å²) in [4.78, 5) is 0. The number of sulfonamides is 1. The van der Waals surface area contributed by atoms with Gasteiger partial charge in [-0.3, -0.25) is 0 Å². The Kier molecular flexibility index (Phi) is 5.38. The van der Waals surface area contributed by atoms with E-state index in [1.165, 1.54) is 6.07 Å². The lowest BCUT2D eigenvalue weighted by Crippen LogP contribution is -2.24. The highest BCUT2D eigenvalue weighted by atomic mass is 79.9. The average Bonchev–Trinajstić information content (AvgIpc) is 2.73. The molecule has 17 heavy (non-hydrogen) atoms. The Balaban J connectivity index is 2.71. The van der Waals surface area contributed by atoms with Crippen LogP contribution in [0.25, 0.3) is 0 Å². The summed E-state index contributed by atoms with van der Waals surface area (Å²) < 4.78 is 31.6. The summed E-state index contributed by atoms with van der Waals surface area (Å²) >= 11 is 3.08. The van der Waals surface area contributed by atoms with Gasteiger partial charge in [-0.05, 0) is 18.7 Å². The molecule has 7 heteroatoms. The molecule has 5 nitrogen and oxygen atoms in total. The molecule has 0 atom stereocenters. The second-order valence-corrected chi connectivity index (χ2v) is 6.16. The first-order chi connectivity index (χ1) is 7.95. The summed E-state index contributed by atoms with van der Waals surface area (Å²) in [5, 5.41) is 2.96. The number of halogens is 1. The summed E-state index contributed by atoms with van der Waals surface area (Å²) in [6.07, 6.45) is 0. The van der Waals surface area contributed by atoms with Crippen LogP contribution in [0.15, 0.2) is 32.7 Å². The first-order valence-electron chi connectivity index (χ1n) is 5.08. The lowest BCUT2D eigenvalue weighted by atomic mass is 10.4. The quantitative estimate of drug-likeness (QED) is 0.799. The molecular formula is C10H15BrN2O3S. The van der Waals surface area contributed by atoms with Crippen molar-refractivity contribution in [1.82, 2.24) is 10.0 Å². The van der Waals surface area contributed by atoms with Crippen LogP contribution < -0.4 is 10.0 Å². The largest absolute Gasteiger partial charge is 0.447 e. The molecule has 0 spiro atoms. The van der Waals surface area contributed by atoms with Crippen LogP contribution in [-0.4, -0.2) is 21.5 Å². The van der Waals surface area contributed by atoms with Crippen molar-refractivity contribution in [3.63, 3.8) is 0 Å². The van der Waals surface area contributed by atoms with Gasteiger partial charge in [0, 0.05) is 11.0 Å². The van der Waals surface area contributed by atoms with Crippen molar-refractivity contribution in [3.05, 3.63) is 29.0 Å². The van der Waals surface area contributed by atoms with E-state index < -0.39 is 10.0 Å². The van der Waals surface area contributed by atoms with Crippen LogP contribution in [0.4, 0.5) is 0 Å². The monoisotopic (exact) mass is 322 g/mol. The van der Waals surface area contributed by atoms with Crippen LogP contribution in [0.2, 0.25) is 0 Å². The molecule has 0 unspecified atom stereocenters. The number of hydrogen-bond donors (Lipinski definition) is 2. The molecule has 1 heterocycles. The number of furan rings is 1. The molecule has 0 saturated carbocycles. The number of rotatable bonds is 7. The van der Waals surface area contributed by atoms with Gasteiger partial charge in [0.25, 0.3) is 10.0 Å². The zero-order chi connectivity index (χ0) is 12.9. The minimum Gasteiger partial charge on any atom is -0.447 e. The minimum absolute atomic E-state index is 0.0841. The third kappa shape index (κ3) is 4.63. The summed E-state index contributed by atoms with van der Waals surface area (Å²) in [6.45, 7) is 6.95. The van der Waals surface area contributed by atoms with Gasteiger partial charge in [-0.25, -0.2) is 13.1 Å². The van der Waals surface area contributed by atoms with E-state index in [0.717, 1.165) is 6.54 Å². The van der Waals surface area contributed by atoms with E-state index in [2.05, 4.69) is 32.5 Å². The van der Waals surface area contributed by atoms with Crippen LogP contribution in [-0.2, 0) is 16.6 Å². The van der Waals surface area contributed by atoms with Gasteiger partial charge in [-0.15, -0.1) is 0 Å². The maximum Gasteiger partial charge on any atom is 0.274 e. The molecule has 2 N–H and O–H groups in total. The molecule has 0 aliphatic heterocycles. The van der Waals surface area contributed by atoms with Crippen molar-refractivity contribution in [2.75, 3.05) is 13.1 Å². The Bertz CT molecular complexity index is 481. The van der Waals surface area contributed by atoms with Crippen molar-refractivity contribution in [2.45, 2.75) is 18.6 Å². The van der Waals surface area contributed by atoms with Crippen molar-refractivity contribution in [1.29, 1.82) is 0 Å². The first-order valence-corrected chi connectivity index (χ1v) is 7.35. The molecule has 0 fully saturated rings. The lowest BCUT2D eigenvalue weighted by Gasteiger charge is -2.02. The number of hydrogen-bond acceptors (Lipinski definition) is 4. The molecule has 1 aromatic heterocycles. The smallest absolute Gasteiger partial charge is 0.274 e. The van der Waals surface area contributed by atoms with Gasteiger partial charge < -0.3 is 9.73 Å². The van der Waals surface area contributed by atoms with E-state index in [1.807, 2.05) is 6.92 Å². The van der Waals surface area contributed by atoms with Crippen molar-refractivity contribution in [2.24, 2.45) is 0 Å². The van der Waals surface area contributed by atoms with E-state index in [1.54, 1.807) is 6.07 Å². The van der Waals surface area contributed by atoms with Crippen LogP contribution in [0.3, 0.4) is 0 Å². The fraction of sp³-hybridized carbons (Fsp3) is 0.400. The maximum absolute atomic E-state index is 11.7. The van der Waals surface area contributed by atoms with Gasteiger partial charge in [-0.2, -0.15) is 0 Å². The van der Waals surface area contributed by atoms with Gasteiger partial charge in [0.2, 0.25) is 5.09 Å². The molecule has 0 radical (unpaired) electrons. The van der Waals surface area contributed by atoms with Gasteiger partial charge >= 0.3 is 0 Å². The summed E-state index contributed by atoms with van der Waals surface area (Å²) in [5.41, 5.74) is 0. The predicted octanol–water partition coefficient (Wildman–Crippen LogP) is 1.58. The average molecular weight is 323 g/mol. The lowest BCUT2D eigenvalue weighted by molar-refractivity contribution is 0.402. The van der Waals surface area contributed by atoms with Crippen LogP contribution in [0.5, 0.6) is 0 Å². The van der Waals surface area contributed by atoms with Gasteiger partial charge in [0.05, 0.1) is 6.54 Å². The number of nitrogens with one attached hydrogen (secondary N) is 2. The minimum atomic E-state index is -3.59. The highest BCUT2D eigenvalue weighted by molar-refractivity contribution is 9.11. The summed E-state index contributed by atoms with van der Waals surface area (Å²) in [6, 6.07) is 3.08. The maximum atomic E-state index is 11.7. The van der Waals surface area contributed by atoms with Crippen LogP contribution in [0, 0.1) is 0 Å². The Labute approximate surface area is 109 Å². The topological polar surface area (TPSA) is 71.3 Å². The first kappa shape index (κ1) is 14.4. The van der Waals surface area contributed by atoms with E-state index in [0.29, 0.717) is 16.8 Å². The molecule has 0 aliphatic carbocycles. The highest BCUT2D eigenvalue weighted by Gasteiger charge is 2.18. The zero-order valence-electron chi connectivity index (χ0n) is 9.49. The Hall–Kier alpha value is -0.630. The third-order valence-electron chi connectivity index (χ3n) is 1.91. The van der Waals surface area contributed by atoms with E-state index >= 15 is 0 Å². The predicted molar refractivity (Wildman–Crippen MR) is 69.3 cm³/mol. The van der Waals surface area contributed by atoms with E-state index in [9.17, 15) is 8.42 Å². The second-order valence-electron chi connectivity index (χ2n) is 3.34. The fourth-order valence-electron chi connectivity index (χ4n) is 1.09. The normalized spacial score (nSPS) is 11.6. The summed E-state index contributed by atoms with van der Waals surface area (Å²) in [7, 11) is -3.59. The molecule has 0 saturated heterocycles. The zero-order valence-corrected chi connectivity index (χ0v) is 11.9. The molecule has 1 aromatic rings. The Morgan fingerprint density at radius 2 is 2.24 bits per heavy atom. The van der Waals surface area contributed by atoms with E-state index in [4.69, 9.17) is 4.42 Å². The van der Waals surface area contributed by atoms with Gasteiger partial charge in [-0.1, -0.05) is 29.4 Å². The summed E-state index contributed by atoms with van der Waals surface area (Å²) in [5.74, 6) is 0.588. The second kappa shape index (κ2) is 6.34. The van der Waals surface area contributed by atoms with E-state index in [-0.39, 0.29) is 11.6 Å². The van der Waals surface area contributed by atoms with Crippen molar-refractivity contribution in [3.8, 4) is 0 Å². The molecule has 0 aromatic carbocycles. The third-order valence-corrected chi connectivity index (χ3v) is 3.46. The SMILES string of the molecule is C=C(Br)CNS(=O)(=O)c1ccc(CNCC)o1. The van der Waals surface area contributed by atoms with Crippen LogP contribution in [0.1, 0.15) is 12.7 Å². The van der Waals surface area contributed by atoms with Gasteiger partial charge in [0.15, 0.2) is 0 Å². The fourth-order valence-corrected chi connectivity index (χ4v) is 2.39. The van der Waals surface area contributed by atoms with Crippen molar-refractivity contribution >= 4 is 26.0 Å². The molecule has 96 valence electrons. The Morgan fingerprint density at radius 1 is 1.53 bits per heavy atom. The molecule has 0 aliphatic rings. The van der Waals surface area contributed by atoms with Crippen LogP contribution >= 0.6 is 15.9 Å². The Morgan fingerprint density at radius 3 is 2.82 bits per heavy atom. The molecule has 0 bridgehead atoms. The van der Waals surface area contributed by atoms with Gasteiger partial charge in [0.1, 0.15) is 5.76 Å². The molecule has 0 amide bonds.